The number of methoxy groups -OCH3 is 1. The minimum atomic E-state index is -0.362. The highest BCUT2D eigenvalue weighted by atomic mass is 16.5. The van der Waals surface area contributed by atoms with Crippen LogP contribution in [0.1, 0.15) is 16.1 Å². The van der Waals surface area contributed by atoms with Gasteiger partial charge in [-0.05, 0) is 31.2 Å². The quantitative estimate of drug-likeness (QED) is 0.740. The molecule has 0 fully saturated rings. The molecule has 2 heterocycles. The SMILES string of the molecule is COC(=O)c1ccnc(-c2ccnc(C)c2)c1. The van der Waals surface area contributed by atoms with Gasteiger partial charge in [0.1, 0.15) is 0 Å². The number of rotatable bonds is 2. The predicted molar refractivity (Wildman–Crippen MR) is 63.5 cm³/mol. The van der Waals surface area contributed by atoms with Crippen LogP contribution in [0.5, 0.6) is 0 Å². The monoisotopic (exact) mass is 228 g/mol. The Balaban J connectivity index is 2.43. The summed E-state index contributed by atoms with van der Waals surface area (Å²) in [5.41, 5.74) is 3.07. The van der Waals surface area contributed by atoms with E-state index < -0.39 is 0 Å². The average molecular weight is 228 g/mol. The fourth-order valence-electron chi connectivity index (χ4n) is 1.54. The van der Waals surface area contributed by atoms with Crippen LogP contribution >= 0.6 is 0 Å². The van der Waals surface area contributed by atoms with E-state index in [0.29, 0.717) is 5.56 Å². The third-order valence-corrected chi connectivity index (χ3v) is 2.37. The van der Waals surface area contributed by atoms with Crippen molar-refractivity contribution < 1.29 is 9.53 Å². The summed E-state index contributed by atoms with van der Waals surface area (Å²) in [5.74, 6) is -0.362. The molecule has 0 aliphatic carbocycles. The lowest BCUT2D eigenvalue weighted by Gasteiger charge is -2.03. The molecule has 86 valence electrons. The Hall–Kier alpha value is -2.23. The number of aromatic nitrogens is 2. The van der Waals surface area contributed by atoms with E-state index in [2.05, 4.69) is 14.7 Å². The van der Waals surface area contributed by atoms with Gasteiger partial charge in [-0.2, -0.15) is 0 Å². The van der Waals surface area contributed by atoms with Crippen LogP contribution in [0.2, 0.25) is 0 Å². The van der Waals surface area contributed by atoms with Gasteiger partial charge in [-0.15, -0.1) is 0 Å². The van der Waals surface area contributed by atoms with Gasteiger partial charge in [0.2, 0.25) is 0 Å². The molecule has 4 nitrogen and oxygen atoms in total. The van der Waals surface area contributed by atoms with E-state index >= 15 is 0 Å². The lowest BCUT2D eigenvalue weighted by Crippen LogP contribution is -2.01. The van der Waals surface area contributed by atoms with E-state index in [9.17, 15) is 4.79 Å². The van der Waals surface area contributed by atoms with E-state index in [4.69, 9.17) is 0 Å². The van der Waals surface area contributed by atoms with Crippen LogP contribution in [0.4, 0.5) is 0 Å². The van der Waals surface area contributed by atoms with Gasteiger partial charge < -0.3 is 4.74 Å². The Kier molecular flexibility index (Phi) is 3.14. The largest absolute Gasteiger partial charge is 0.465 e. The number of carbonyl (C=O) groups is 1. The Morgan fingerprint density at radius 1 is 1.18 bits per heavy atom. The first-order valence-corrected chi connectivity index (χ1v) is 5.18. The summed E-state index contributed by atoms with van der Waals surface area (Å²) in [6.07, 6.45) is 3.31. The van der Waals surface area contributed by atoms with Crippen LogP contribution in [0.3, 0.4) is 0 Å². The number of nitrogens with zero attached hydrogens (tertiary/aromatic N) is 2. The first kappa shape index (κ1) is 11.3. The van der Waals surface area contributed by atoms with Crippen molar-refractivity contribution in [2.24, 2.45) is 0 Å². The molecule has 4 heteroatoms. The van der Waals surface area contributed by atoms with E-state index in [1.165, 1.54) is 7.11 Å². The Morgan fingerprint density at radius 2 is 1.94 bits per heavy atom. The molecule has 0 aliphatic heterocycles. The topological polar surface area (TPSA) is 52.1 Å². The normalized spacial score (nSPS) is 10.0. The highest BCUT2D eigenvalue weighted by molar-refractivity contribution is 5.90. The molecule has 0 aliphatic rings. The summed E-state index contributed by atoms with van der Waals surface area (Å²) < 4.78 is 4.67. The smallest absolute Gasteiger partial charge is 0.337 e. The minimum Gasteiger partial charge on any atom is -0.465 e. The second kappa shape index (κ2) is 4.74. The number of esters is 1. The van der Waals surface area contributed by atoms with Crippen molar-refractivity contribution >= 4 is 5.97 Å². The molecule has 2 aromatic heterocycles. The Bertz CT molecular complexity index is 553. The van der Waals surface area contributed by atoms with Gasteiger partial charge in [-0.1, -0.05) is 0 Å². The highest BCUT2D eigenvalue weighted by Gasteiger charge is 2.07. The van der Waals surface area contributed by atoms with Crippen LogP contribution in [-0.2, 0) is 4.74 Å². The molecule has 0 aromatic carbocycles. The van der Waals surface area contributed by atoms with Gasteiger partial charge in [0, 0.05) is 23.7 Å². The molecule has 0 atom stereocenters. The number of pyridine rings is 2. The van der Waals surface area contributed by atoms with Gasteiger partial charge in [-0.3, -0.25) is 9.97 Å². The second-order valence-corrected chi connectivity index (χ2v) is 3.61. The van der Waals surface area contributed by atoms with Gasteiger partial charge >= 0.3 is 5.97 Å². The molecular formula is C13H12N2O2. The zero-order chi connectivity index (χ0) is 12.3. The van der Waals surface area contributed by atoms with Crippen molar-refractivity contribution in [2.75, 3.05) is 7.11 Å². The molecule has 2 aromatic rings. The number of hydrogen-bond acceptors (Lipinski definition) is 4. The fraction of sp³-hybridized carbons (Fsp3) is 0.154. The molecule has 0 bridgehead atoms. The molecule has 0 unspecified atom stereocenters. The van der Waals surface area contributed by atoms with Crippen LogP contribution in [0, 0.1) is 6.92 Å². The van der Waals surface area contributed by atoms with Crippen molar-refractivity contribution in [3.8, 4) is 11.3 Å². The molecule has 17 heavy (non-hydrogen) atoms. The third kappa shape index (κ3) is 2.47. The molecule has 0 amide bonds. The molecule has 2 rings (SSSR count). The molecular weight excluding hydrogens is 216 g/mol. The van der Waals surface area contributed by atoms with E-state index in [-0.39, 0.29) is 5.97 Å². The van der Waals surface area contributed by atoms with E-state index in [1.54, 1.807) is 24.5 Å². The summed E-state index contributed by atoms with van der Waals surface area (Å²) >= 11 is 0. The lowest BCUT2D eigenvalue weighted by atomic mass is 10.1. The van der Waals surface area contributed by atoms with Gasteiger partial charge in [0.05, 0.1) is 18.4 Å². The van der Waals surface area contributed by atoms with E-state index in [1.807, 2.05) is 19.1 Å². The molecule has 0 N–H and O–H groups in total. The number of hydrogen-bond donors (Lipinski definition) is 0. The summed E-state index contributed by atoms with van der Waals surface area (Å²) in [4.78, 5) is 19.8. The molecule has 0 saturated carbocycles. The fourth-order valence-corrected chi connectivity index (χ4v) is 1.54. The Labute approximate surface area is 99.3 Å². The standard InChI is InChI=1S/C13H12N2O2/c1-9-7-10(3-5-14-9)12-8-11(4-6-15-12)13(16)17-2/h3-8H,1-2H3. The highest BCUT2D eigenvalue weighted by Crippen LogP contribution is 2.18. The van der Waals surface area contributed by atoms with Crippen molar-refractivity contribution in [1.29, 1.82) is 0 Å². The van der Waals surface area contributed by atoms with Crippen LogP contribution in [-0.4, -0.2) is 23.0 Å². The van der Waals surface area contributed by atoms with Crippen LogP contribution in [0.15, 0.2) is 36.7 Å². The first-order valence-electron chi connectivity index (χ1n) is 5.18. The van der Waals surface area contributed by atoms with Crippen molar-refractivity contribution in [2.45, 2.75) is 6.92 Å². The minimum absolute atomic E-state index is 0.362. The predicted octanol–water partition coefficient (Wildman–Crippen LogP) is 2.24. The summed E-state index contributed by atoms with van der Waals surface area (Å²) in [6.45, 7) is 1.91. The van der Waals surface area contributed by atoms with Crippen molar-refractivity contribution in [3.05, 3.63) is 47.9 Å². The molecule has 0 radical (unpaired) electrons. The number of carbonyl (C=O) groups excluding carboxylic acids is 1. The molecule has 0 spiro atoms. The van der Waals surface area contributed by atoms with Gasteiger partial charge in [-0.25, -0.2) is 4.79 Å². The Morgan fingerprint density at radius 3 is 2.65 bits per heavy atom. The summed E-state index contributed by atoms with van der Waals surface area (Å²) in [5, 5.41) is 0. The maximum absolute atomic E-state index is 11.4. The van der Waals surface area contributed by atoms with Gasteiger partial charge in [0.15, 0.2) is 0 Å². The van der Waals surface area contributed by atoms with Gasteiger partial charge in [0.25, 0.3) is 0 Å². The first-order chi connectivity index (χ1) is 8.20. The maximum atomic E-state index is 11.4. The maximum Gasteiger partial charge on any atom is 0.337 e. The number of ether oxygens (including phenoxy) is 1. The van der Waals surface area contributed by atoms with Crippen molar-refractivity contribution in [3.63, 3.8) is 0 Å². The second-order valence-electron chi connectivity index (χ2n) is 3.61. The lowest BCUT2D eigenvalue weighted by molar-refractivity contribution is 0.0600. The molecule has 0 saturated heterocycles. The van der Waals surface area contributed by atoms with E-state index in [0.717, 1.165) is 17.0 Å². The van der Waals surface area contributed by atoms with Crippen LogP contribution < -0.4 is 0 Å². The zero-order valence-corrected chi connectivity index (χ0v) is 9.68. The van der Waals surface area contributed by atoms with Crippen LogP contribution in [0.25, 0.3) is 11.3 Å². The average Bonchev–Trinajstić information content (AvgIpc) is 2.38. The summed E-state index contributed by atoms with van der Waals surface area (Å²) in [6, 6.07) is 7.11. The summed E-state index contributed by atoms with van der Waals surface area (Å²) in [7, 11) is 1.36. The van der Waals surface area contributed by atoms with Crippen molar-refractivity contribution in [1.82, 2.24) is 9.97 Å². The number of aryl methyl sites for hydroxylation is 1. The zero-order valence-electron chi connectivity index (χ0n) is 9.68. The third-order valence-electron chi connectivity index (χ3n) is 2.37.